The van der Waals surface area contributed by atoms with E-state index in [1.54, 1.807) is 7.05 Å². The molecule has 0 saturated heterocycles. The van der Waals surface area contributed by atoms with Crippen molar-refractivity contribution in [2.75, 3.05) is 41.3 Å². The first-order valence-electron chi connectivity index (χ1n) is 10.4. The Kier molecular flexibility index (Phi) is 12.2. The molecule has 170 valence electrons. The normalized spacial score (nSPS) is 11.1. The molecule has 0 heterocycles. The van der Waals surface area contributed by atoms with E-state index < -0.39 is 0 Å². The van der Waals surface area contributed by atoms with Crippen LogP contribution in [0.25, 0.3) is 0 Å². The van der Waals surface area contributed by atoms with E-state index in [4.69, 9.17) is 0 Å². The lowest BCUT2D eigenvalue weighted by molar-refractivity contribution is 0.0951. The van der Waals surface area contributed by atoms with Crippen molar-refractivity contribution in [1.29, 1.82) is 0 Å². The number of nitrogens with zero attached hydrogens (tertiary/aromatic N) is 3. The van der Waals surface area contributed by atoms with Crippen LogP contribution in [-0.4, -0.2) is 62.9 Å². The highest BCUT2D eigenvalue weighted by molar-refractivity contribution is 14.0. The molecule has 0 unspecified atom stereocenters. The lowest BCUT2D eigenvalue weighted by atomic mass is 10.1. The van der Waals surface area contributed by atoms with Crippen molar-refractivity contribution in [3.8, 4) is 0 Å². The topological polar surface area (TPSA) is 60.0 Å². The van der Waals surface area contributed by atoms with E-state index >= 15 is 0 Å². The summed E-state index contributed by atoms with van der Waals surface area (Å²) in [6.07, 6.45) is 1.05. The van der Waals surface area contributed by atoms with Gasteiger partial charge in [-0.15, -0.1) is 24.0 Å². The second-order valence-electron chi connectivity index (χ2n) is 7.69. The Morgan fingerprint density at radius 2 is 1.65 bits per heavy atom. The van der Waals surface area contributed by atoms with Gasteiger partial charge in [0.1, 0.15) is 0 Å². The predicted molar refractivity (Wildman–Crippen MR) is 140 cm³/mol. The highest BCUT2D eigenvalue weighted by Gasteiger charge is 2.09. The Balaban J connectivity index is 0.00000480. The van der Waals surface area contributed by atoms with E-state index in [0.29, 0.717) is 18.7 Å². The lowest BCUT2D eigenvalue weighted by Crippen LogP contribution is -2.38. The van der Waals surface area contributed by atoms with Gasteiger partial charge in [0.2, 0.25) is 0 Å². The zero-order valence-corrected chi connectivity index (χ0v) is 21.6. The quantitative estimate of drug-likeness (QED) is 0.293. The van der Waals surface area contributed by atoms with Crippen LogP contribution in [0.5, 0.6) is 0 Å². The molecule has 0 aliphatic heterocycles. The van der Waals surface area contributed by atoms with Gasteiger partial charge in [0, 0.05) is 45.8 Å². The Hall–Kier alpha value is -2.13. The summed E-state index contributed by atoms with van der Waals surface area (Å²) in [5.74, 6) is 0.770. The van der Waals surface area contributed by atoms with Crippen LogP contribution in [0.4, 0.5) is 0 Å². The third kappa shape index (κ3) is 9.26. The number of carbonyl (C=O) groups excluding carboxylic acids is 1. The number of rotatable bonds is 9. The van der Waals surface area contributed by atoms with Gasteiger partial charge >= 0.3 is 0 Å². The van der Waals surface area contributed by atoms with Crippen LogP contribution in [0.15, 0.2) is 53.5 Å². The Bertz CT molecular complexity index is 836. The third-order valence-corrected chi connectivity index (χ3v) is 4.91. The summed E-state index contributed by atoms with van der Waals surface area (Å²) >= 11 is 0. The van der Waals surface area contributed by atoms with Crippen molar-refractivity contribution in [3.63, 3.8) is 0 Å². The fourth-order valence-electron chi connectivity index (χ4n) is 3.11. The van der Waals surface area contributed by atoms with E-state index in [-0.39, 0.29) is 29.9 Å². The van der Waals surface area contributed by atoms with Crippen LogP contribution in [0.3, 0.4) is 0 Å². The standard InChI is InChI=1S/C24H35N5O.HI/c1-6-19-10-12-20(13-11-19)18-29(5)24(25-2)27-17-21-8-7-9-22(16-21)23(30)26-14-15-28(3)4;/h7-13,16H,6,14-15,17-18H2,1-5H3,(H,25,27)(H,26,30);1H. The molecule has 2 aromatic carbocycles. The second kappa shape index (κ2) is 14.0. The molecule has 2 N–H and O–H groups in total. The monoisotopic (exact) mass is 537 g/mol. The van der Waals surface area contributed by atoms with Crippen LogP contribution in [0.1, 0.15) is 34.0 Å². The van der Waals surface area contributed by atoms with E-state index in [9.17, 15) is 4.79 Å². The average Bonchev–Trinajstić information content (AvgIpc) is 2.74. The van der Waals surface area contributed by atoms with Crippen LogP contribution in [-0.2, 0) is 19.5 Å². The molecule has 1 amide bonds. The first-order chi connectivity index (χ1) is 14.4. The molecule has 0 bridgehead atoms. The van der Waals surface area contributed by atoms with Gasteiger partial charge in [-0.1, -0.05) is 43.3 Å². The maximum Gasteiger partial charge on any atom is 0.251 e. The number of aryl methyl sites for hydroxylation is 1. The van der Waals surface area contributed by atoms with Gasteiger partial charge in [0.15, 0.2) is 5.96 Å². The number of guanidine groups is 1. The van der Waals surface area contributed by atoms with Crippen molar-refractivity contribution in [2.24, 2.45) is 4.99 Å². The molecule has 0 fully saturated rings. The first kappa shape index (κ1) is 26.9. The number of amides is 1. The summed E-state index contributed by atoms with van der Waals surface area (Å²) in [6, 6.07) is 16.4. The smallest absolute Gasteiger partial charge is 0.251 e. The maximum absolute atomic E-state index is 12.3. The first-order valence-corrected chi connectivity index (χ1v) is 10.4. The molecule has 0 aliphatic rings. The molecule has 0 saturated carbocycles. The van der Waals surface area contributed by atoms with Crippen LogP contribution in [0.2, 0.25) is 0 Å². The number of benzene rings is 2. The average molecular weight is 537 g/mol. The highest BCUT2D eigenvalue weighted by atomic mass is 127. The molecule has 7 heteroatoms. The van der Waals surface area contributed by atoms with Crippen molar-refractivity contribution in [2.45, 2.75) is 26.4 Å². The number of aliphatic imine (C=N–C) groups is 1. The number of likely N-dealkylation sites (N-methyl/N-ethyl adjacent to an activating group) is 1. The summed E-state index contributed by atoms with van der Waals surface area (Å²) in [5, 5.41) is 6.34. The van der Waals surface area contributed by atoms with E-state index in [1.165, 1.54) is 11.1 Å². The van der Waals surface area contributed by atoms with Gasteiger partial charge in [-0.3, -0.25) is 9.79 Å². The fourth-order valence-corrected chi connectivity index (χ4v) is 3.11. The molecule has 0 radical (unpaired) electrons. The van der Waals surface area contributed by atoms with Crippen molar-refractivity contribution in [3.05, 3.63) is 70.8 Å². The molecule has 0 aliphatic carbocycles. The highest BCUT2D eigenvalue weighted by Crippen LogP contribution is 2.09. The molecular formula is C24H36IN5O. The maximum atomic E-state index is 12.3. The molecule has 0 atom stereocenters. The van der Waals surface area contributed by atoms with Gasteiger partial charge in [-0.25, -0.2) is 0 Å². The Morgan fingerprint density at radius 3 is 2.26 bits per heavy atom. The van der Waals surface area contributed by atoms with Gasteiger partial charge in [-0.2, -0.15) is 0 Å². The number of halogens is 1. The summed E-state index contributed by atoms with van der Waals surface area (Å²) in [5.41, 5.74) is 4.30. The minimum atomic E-state index is -0.0456. The lowest BCUT2D eigenvalue weighted by Gasteiger charge is -2.22. The Morgan fingerprint density at radius 1 is 0.968 bits per heavy atom. The number of carbonyl (C=O) groups is 1. The summed E-state index contributed by atoms with van der Waals surface area (Å²) in [4.78, 5) is 20.9. The van der Waals surface area contributed by atoms with E-state index in [2.05, 4.69) is 51.7 Å². The summed E-state index contributed by atoms with van der Waals surface area (Å²) < 4.78 is 0. The van der Waals surface area contributed by atoms with E-state index in [0.717, 1.165) is 31.0 Å². The number of nitrogens with one attached hydrogen (secondary N) is 2. The predicted octanol–water partition coefficient (Wildman–Crippen LogP) is 3.37. The zero-order chi connectivity index (χ0) is 21.9. The number of hydrogen-bond donors (Lipinski definition) is 2. The molecular weight excluding hydrogens is 501 g/mol. The van der Waals surface area contributed by atoms with Crippen LogP contribution >= 0.6 is 24.0 Å². The van der Waals surface area contributed by atoms with Crippen molar-refractivity contribution >= 4 is 35.8 Å². The molecule has 0 aromatic heterocycles. The van der Waals surface area contributed by atoms with Crippen LogP contribution < -0.4 is 10.6 Å². The SMILES string of the molecule is CCc1ccc(CN(C)C(=NC)NCc2cccc(C(=O)NCCN(C)C)c2)cc1.I. The van der Waals surface area contributed by atoms with Crippen molar-refractivity contribution in [1.82, 2.24) is 20.4 Å². The molecule has 31 heavy (non-hydrogen) atoms. The zero-order valence-electron chi connectivity index (χ0n) is 19.3. The van der Waals surface area contributed by atoms with Gasteiger partial charge in [0.25, 0.3) is 5.91 Å². The van der Waals surface area contributed by atoms with Gasteiger partial charge in [0.05, 0.1) is 0 Å². The van der Waals surface area contributed by atoms with Gasteiger partial charge < -0.3 is 20.4 Å². The largest absolute Gasteiger partial charge is 0.352 e. The fraction of sp³-hybridized carbons (Fsp3) is 0.417. The molecule has 2 rings (SSSR count). The Labute approximate surface area is 204 Å². The summed E-state index contributed by atoms with van der Waals surface area (Å²) in [6.45, 7) is 4.99. The van der Waals surface area contributed by atoms with Crippen molar-refractivity contribution < 1.29 is 4.79 Å². The molecule has 6 nitrogen and oxygen atoms in total. The summed E-state index contributed by atoms with van der Waals surface area (Å²) in [7, 11) is 7.79. The minimum Gasteiger partial charge on any atom is -0.352 e. The van der Waals surface area contributed by atoms with E-state index in [1.807, 2.05) is 50.3 Å². The third-order valence-electron chi connectivity index (χ3n) is 4.91. The van der Waals surface area contributed by atoms with Crippen LogP contribution in [0, 0.1) is 0 Å². The number of hydrogen-bond acceptors (Lipinski definition) is 3. The molecule has 2 aromatic rings. The minimum absolute atomic E-state index is 0. The second-order valence-corrected chi connectivity index (χ2v) is 7.69. The van der Waals surface area contributed by atoms with Gasteiger partial charge in [-0.05, 0) is 49.3 Å². The molecule has 0 spiro atoms.